The quantitative estimate of drug-likeness (QED) is 0.228. The summed E-state index contributed by atoms with van der Waals surface area (Å²) in [6.45, 7) is 12.3. The van der Waals surface area contributed by atoms with Gasteiger partial charge in [-0.15, -0.1) is 26.2 Å². The molecule has 0 aliphatic rings. The third-order valence-electron chi connectivity index (χ3n) is 6.67. The minimum atomic E-state index is -1.89. The van der Waals surface area contributed by atoms with Crippen LogP contribution in [0.5, 0.6) is 0 Å². The lowest BCUT2D eigenvalue weighted by Crippen LogP contribution is -2.43. The average Bonchev–Trinajstić information content (AvgIpc) is 2.75. The van der Waals surface area contributed by atoms with Crippen molar-refractivity contribution in [2.45, 2.75) is 50.0 Å². The fourth-order valence-electron chi connectivity index (χ4n) is 3.68. The third-order valence-corrected chi connectivity index (χ3v) is 12.2. The molecule has 2 atom stereocenters. The fourth-order valence-corrected chi connectivity index (χ4v) is 5.37. The lowest BCUT2D eigenvalue weighted by Gasteiger charge is -2.43. The molecule has 0 bridgehead atoms. The van der Waals surface area contributed by atoms with Crippen molar-refractivity contribution in [3.63, 3.8) is 0 Å². The van der Waals surface area contributed by atoms with Gasteiger partial charge in [-0.05, 0) is 34.8 Å². The molecule has 0 saturated heterocycles. The van der Waals surface area contributed by atoms with Gasteiger partial charge in [-0.1, -0.05) is 112 Å². The van der Waals surface area contributed by atoms with E-state index in [1.54, 1.807) is 0 Å². The van der Waals surface area contributed by atoms with Crippen molar-refractivity contribution >= 4 is 34.5 Å². The van der Waals surface area contributed by atoms with Crippen LogP contribution in [0.15, 0.2) is 91.0 Å². The van der Waals surface area contributed by atoms with Crippen LogP contribution in [0.2, 0.25) is 18.1 Å². The minimum absolute atomic E-state index is 0. The second-order valence-corrected chi connectivity index (χ2v) is 15.4. The molecule has 0 heterocycles. The Hall–Kier alpha value is -1.25. The van der Waals surface area contributed by atoms with Crippen molar-refractivity contribution < 1.29 is 4.43 Å². The first kappa shape index (κ1) is 26.0. The summed E-state index contributed by atoms with van der Waals surface area (Å²) in [6, 6.07) is 32.5. The largest absolute Gasteiger partial charge is 0.416 e. The van der Waals surface area contributed by atoms with Gasteiger partial charge in [0.15, 0.2) is 8.32 Å². The molecule has 3 aromatic rings. The van der Waals surface area contributed by atoms with E-state index in [9.17, 15) is 0 Å². The molecule has 0 N–H and O–H groups in total. The first-order valence-corrected chi connectivity index (χ1v) is 14.2. The molecule has 3 rings (SSSR count). The predicted octanol–water partition coefficient (Wildman–Crippen LogP) is 8.19. The number of halogens is 1. The SMILES string of the molecule is Br.CC(C)(C)[Si](C)(C)OCC(c1ccccc1)C(P)(c1ccccc1)c1ccccc1. The molecule has 0 amide bonds. The Morgan fingerprint density at radius 3 is 1.52 bits per heavy atom. The van der Waals surface area contributed by atoms with E-state index in [2.05, 4.69) is 134 Å². The highest BCUT2D eigenvalue weighted by Crippen LogP contribution is 2.50. The normalized spacial score (nSPS) is 13.4. The van der Waals surface area contributed by atoms with Crippen molar-refractivity contribution in [3.8, 4) is 0 Å². The van der Waals surface area contributed by atoms with Crippen LogP contribution in [0.25, 0.3) is 0 Å². The zero-order valence-corrected chi connectivity index (χ0v) is 23.2. The molecule has 0 fully saturated rings. The zero-order valence-electron chi connectivity index (χ0n) is 19.3. The van der Waals surface area contributed by atoms with Gasteiger partial charge in [-0.25, -0.2) is 0 Å². The van der Waals surface area contributed by atoms with Crippen LogP contribution < -0.4 is 0 Å². The highest BCUT2D eigenvalue weighted by molar-refractivity contribution is 8.93. The number of rotatable bonds is 7. The van der Waals surface area contributed by atoms with Gasteiger partial charge in [0.05, 0.1) is 0 Å². The van der Waals surface area contributed by atoms with Gasteiger partial charge in [0.2, 0.25) is 0 Å². The van der Waals surface area contributed by atoms with Crippen LogP contribution in [-0.2, 0) is 9.58 Å². The molecule has 0 aliphatic carbocycles. The number of benzene rings is 3. The topological polar surface area (TPSA) is 9.23 Å². The lowest BCUT2D eigenvalue weighted by atomic mass is 9.76. The van der Waals surface area contributed by atoms with E-state index in [1.807, 2.05) is 0 Å². The molecular formula is C27H36BrOPSi. The van der Waals surface area contributed by atoms with E-state index < -0.39 is 8.32 Å². The summed E-state index contributed by atoms with van der Waals surface area (Å²) in [4.78, 5) is 0. The second kappa shape index (κ2) is 10.6. The minimum Gasteiger partial charge on any atom is -0.416 e. The molecule has 0 aliphatic heterocycles. The molecule has 0 saturated carbocycles. The van der Waals surface area contributed by atoms with Gasteiger partial charge >= 0.3 is 0 Å². The Morgan fingerprint density at radius 2 is 1.13 bits per heavy atom. The van der Waals surface area contributed by atoms with Crippen LogP contribution in [0, 0.1) is 0 Å². The Kier molecular flexibility index (Phi) is 8.87. The summed E-state index contributed by atoms with van der Waals surface area (Å²) in [6.07, 6.45) is 0. The average molecular weight is 516 g/mol. The van der Waals surface area contributed by atoms with Gasteiger partial charge in [-0.3, -0.25) is 0 Å². The molecule has 0 aromatic heterocycles. The van der Waals surface area contributed by atoms with E-state index >= 15 is 0 Å². The summed E-state index contributed by atoms with van der Waals surface area (Å²) < 4.78 is 6.83. The summed E-state index contributed by atoms with van der Waals surface area (Å²) in [5.74, 6) is 0.169. The first-order chi connectivity index (χ1) is 14.2. The lowest BCUT2D eigenvalue weighted by molar-refractivity contribution is 0.246. The van der Waals surface area contributed by atoms with Gasteiger partial charge in [0, 0.05) is 17.7 Å². The van der Waals surface area contributed by atoms with Crippen LogP contribution in [0.1, 0.15) is 43.4 Å². The van der Waals surface area contributed by atoms with E-state index in [0.717, 1.165) is 0 Å². The van der Waals surface area contributed by atoms with Crippen LogP contribution in [0.3, 0.4) is 0 Å². The van der Waals surface area contributed by atoms with Crippen molar-refractivity contribution in [3.05, 3.63) is 108 Å². The van der Waals surface area contributed by atoms with Crippen molar-refractivity contribution in [2.24, 2.45) is 0 Å². The molecule has 0 spiro atoms. The smallest absolute Gasteiger partial charge is 0.192 e. The summed E-state index contributed by atoms with van der Waals surface area (Å²) in [5, 5.41) is -0.108. The molecule has 2 unspecified atom stereocenters. The first-order valence-electron chi connectivity index (χ1n) is 10.7. The van der Waals surface area contributed by atoms with Gasteiger partial charge < -0.3 is 4.43 Å². The fraction of sp³-hybridized carbons (Fsp3) is 0.333. The van der Waals surface area contributed by atoms with Crippen LogP contribution >= 0.6 is 26.2 Å². The molecule has 0 radical (unpaired) electrons. The molecular weight excluding hydrogens is 479 g/mol. The van der Waals surface area contributed by atoms with Crippen molar-refractivity contribution in [2.75, 3.05) is 6.61 Å². The Labute approximate surface area is 202 Å². The molecule has 166 valence electrons. The van der Waals surface area contributed by atoms with Crippen LogP contribution in [-0.4, -0.2) is 14.9 Å². The number of hydrogen-bond acceptors (Lipinski definition) is 1. The maximum atomic E-state index is 6.83. The van der Waals surface area contributed by atoms with Crippen molar-refractivity contribution in [1.29, 1.82) is 0 Å². The summed E-state index contributed by atoms with van der Waals surface area (Å²) in [5.41, 5.74) is 3.88. The summed E-state index contributed by atoms with van der Waals surface area (Å²) in [7, 11) is 1.32. The van der Waals surface area contributed by atoms with E-state index in [1.165, 1.54) is 16.7 Å². The standard InChI is InChI=1S/C27H35OPSi.BrH/c1-26(2,3)30(4,5)28-21-25(22-15-9-6-10-16-22)27(29,23-17-11-7-12-18-23)24-19-13-8-14-20-24;/h6-20,25H,21,29H2,1-5H3;1H. The molecule has 4 heteroatoms. The van der Waals surface area contributed by atoms with Gasteiger partial charge in [0.1, 0.15) is 0 Å². The monoisotopic (exact) mass is 514 g/mol. The molecule has 31 heavy (non-hydrogen) atoms. The Balaban J connectivity index is 0.00000341. The second-order valence-electron chi connectivity index (χ2n) is 9.64. The Bertz CT molecular complexity index is 884. The van der Waals surface area contributed by atoms with E-state index in [-0.39, 0.29) is 33.1 Å². The third kappa shape index (κ3) is 5.76. The van der Waals surface area contributed by atoms with Crippen LogP contribution in [0.4, 0.5) is 0 Å². The maximum absolute atomic E-state index is 6.83. The van der Waals surface area contributed by atoms with E-state index in [0.29, 0.717) is 6.61 Å². The highest BCUT2D eigenvalue weighted by Gasteiger charge is 2.42. The Morgan fingerprint density at radius 1 is 0.742 bits per heavy atom. The predicted molar refractivity (Wildman–Crippen MR) is 146 cm³/mol. The molecule has 3 aromatic carbocycles. The van der Waals surface area contributed by atoms with Gasteiger partial charge in [-0.2, -0.15) is 0 Å². The highest BCUT2D eigenvalue weighted by atomic mass is 79.9. The van der Waals surface area contributed by atoms with Gasteiger partial charge in [0.25, 0.3) is 0 Å². The summed E-state index contributed by atoms with van der Waals surface area (Å²) >= 11 is 0. The maximum Gasteiger partial charge on any atom is 0.192 e. The van der Waals surface area contributed by atoms with Crippen molar-refractivity contribution in [1.82, 2.24) is 0 Å². The molecule has 1 nitrogen and oxygen atoms in total. The van der Waals surface area contributed by atoms with E-state index in [4.69, 9.17) is 4.43 Å². The zero-order chi connectivity index (χ0) is 21.8. The number of hydrogen-bond donors (Lipinski definition) is 0.